The molecule has 1 fully saturated rings. The molecule has 6 rings (SSSR count). The van der Waals surface area contributed by atoms with Crippen LogP contribution in [-0.4, -0.2) is 77.1 Å². The second kappa shape index (κ2) is 16.8. The van der Waals surface area contributed by atoms with Crippen LogP contribution in [0.3, 0.4) is 0 Å². The number of carbonyl (C=O) groups is 3. The van der Waals surface area contributed by atoms with Gasteiger partial charge in [-0.25, -0.2) is 4.79 Å². The van der Waals surface area contributed by atoms with Crippen molar-refractivity contribution >= 4 is 60.8 Å². The van der Waals surface area contributed by atoms with Crippen LogP contribution in [-0.2, 0) is 56.7 Å². The van der Waals surface area contributed by atoms with Crippen LogP contribution < -0.4 is 4.90 Å². The van der Waals surface area contributed by atoms with Crippen LogP contribution in [0.4, 0.5) is 17.1 Å². The molecule has 16 nitrogen and oxygen atoms in total. The highest BCUT2D eigenvalue weighted by Gasteiger charge is 2.45. The number of imide groups is 1. The Morgan fingerprint density at radius 3 is 2.08 bits per heavy atom. The molecule has 0 aliphatic carbocycles. The van der Waals surface area contributed by atoms with Gasteiger partial charge in [0.15, 0.2) is 5.71 Å². The fraction of sp³-hybridized carbons (Fsp3) is 0.381. The van der Waals surface area contributed by atoms with Crippen molar-refractivity contribution in [3.8, 4) is 0 Å². The Morgan fingerprint density at radius 1 is 0.850 bits per heavy atom. The van der Waals surface area contributed by atoms with Crippen LogP contribution in [0.1, 0.15) is 89.3 Å². The van der Waals surface area contributed by atoms with Gasteiger partial charge in [-0.05, 0) is 80.6 Å². The summed E-state index contributed by atoms with van der Waals surface area (Å²) in [7, 11) is -9.00. The first kappa shape index (κ1) is 44.0. The van der Waals surface area contributed by atoms with E-state index in [4.69, 9.17) is 4.84 Å². The number of aryl methyl sites for hydroxylation is 1. The Bertz CT molecular complexity index is 2560. The van der Waals surface area contributed by atoms with Crippen molar-refractivity contribution in [3.05, 3.63) is 111 Å². The summed E-state index contributed by atoms with van der Waals surface area (Å²) in [5.74, 6) is -1.78. The second-order valence-corrected chi connectivity index (χ2v) is 18.9. The number of nitro groups is 1. The highest BCUT2D eigenvalue weighted by Crippen LogP contribution is 2.49. The molecule has 3 aromatic rings. The van der Waals surface area contributed by atoms with Crippen LogP contribution in [0.5, 0.6) is 0 Å². The first-order chi connectivity index (χ1) is 28.1. The van der Waals surface area contributed by atoms with Gasteiger partial charge < -0.3 is 9.74 Å². The maximum Gasteiger partial charge on any atom is 0.333 e. The van der Waals surface area contributed by atoms with Gasteiger partial charge in [0.25, 0.3) is 37.7 Å². The summed E-state index contributed by atoms with van der Waals surface area (Å²) in [6, 6.07) is 15.3. The first-order valence-corrected chi connectivity index (χ1v) is 22.3. The number of rotatable bonds is 16. The third-order valence-corrected chi connectivity index (χ3v) is 13.0. The predicted molar refractivity (Wildman–Crippen MR) is 220 cm³/mol. The number of hydrogen-bond acceptors (Lipinski definition) is 11. The maximum atomic E-state index is 12.4. The SMILES string of the molecule is CC1(C)C(/C=C/C=C2/N(CCCCCC(=O)ON3C(=O)CCC3=O)c3ccc(S(=O)(=O)O)cc3C2(C)C)=[N+](CCCc2ccc([N+](=O)[O-])cc2)c2ccc(S(=O)(=O)O)cc21. The number of amides is 2. The van der Waals surface area contributed by atoms with Crippen molar-refractivity contribution in [3.63, 3.8) is 0 Å². The molecule has 3 heterocycles. The van der Waals surface area contributed by atoms with Gasteiger partial charge in [0.1, 0.15) is 6.54 Å². The van der Waals surface area contributed by atoms with Crippen LogP contribution in [0.25, 0.3) is 0 Å². The summed E-state index contributed by atoms with van der Waals surface area (Å²) in [5.41, 5.74) is 3.96. The van der Waals surface area contributed by atoms with Gasteiger partial charge in [-0.1, -0.05) is 38.5 Å². The number of non-ortho nitro benzene ring substituents is 1. The number of fused-ring (bicyclic) bond motifs is 2. The Balaban J connectivity index is 1.28. The molecule has 3 aliphatic rings. The van der Waals surface area contributed by atoms with Crippen molar-refractivity contribution in [2.24, 2.45) is 0 Å². The highest BCUT2D eigenvalue weighted by molar-refractivity contribution is 7.86. The predicted octanol–water partition coefficient (Wildman–Crippen LogP) is 6.50. The monoisotopic (exact) mass is 863 g/mol. The zero-order valence-corrected chi connectivity index (χ0v) is 35.3. The second-order valence-electron chi connectivity index (χ2n) is 16.0. The number of anilines is 1. The van der Waals surface area contributed by atoms with E-state index in [2.05, 4.69) is 9.48 Å². The van der Waals surface area contributed by atoms with E-state index in [1.54, 1.807) is 24.3 Å². The number of hydrogen-bond donors (Lipinski definition) is 2. The number of benzene rings is 3. The summed E-state index contributed by atoms with van der Waals surface area (Å²) in [6.45, 7) is 8.78. The quantitative estimate of drug-likeness (QED) is 0.0392. The minimum absolute atomic E-state index is 0.00125. The number of carbonyl (C=O) groups excluding carboxylic acids is 3. The molecule has 318 valence electrons. The fourth-order valence-electron chi connectivity index (χ4n) is 8.09. The lowest BCUT2D eigenvalue weighted by molar-refractivity contribution is -0.438. The summed E-state index contributed by atoms with van der Waals surface area (Å²) in [6.07, 6.45) is 8.62. The van der Waals surface area contributed by atoms with Gasteiger partial charge in [0.05, 0.1) is 20.1 Å². The van der Waals surface area contributed by atoms with Gasteiger partial charge in [0.2, 0.25) is 5.69 Å². The molecule has 0 radical (unpaired) electrons. The summed E-state index contributed by atoms with van der Waals surface area (Å²) in [4.78, 5) is 53.3. The van der Waals surface area contributed by atoms with Crippen LogP contribution in [0.15, 0.2) is 94.4 Å². The minimum atomic E-state index is -4.50. The molecule has 0 saturated carbocycles. The molecule has 0 aromatic heterocycles. The molecule has 0 spiro atoms. The van der Waals surface area contributed by atoms with E-state index in [0.29, 0.717) is 61.4 Å². The van der Waals surface area contributed by atoms with E-state index in [-0.39, 0.29) is 34.7 Å². The topological polar surface area (TPSA) is 222 Å². The van der Waals surface area contributed by atoms with Crippen LogP contribution in [0.2, 0.25) is 0 Å². The minimum Gasteiger partial charge on any atom is -0.344 e. The zero-order valence-electron chi connectivity index (χ0n) is 33.7. The number of unbranched alkanes of at least 4 members (excludes halogenated alkanes) is 2. The normalized spacial score (nSPS) is 17.9. The summed E-state index contributed by atoms with van der Waals surface area (Å²) >= 11 is 0. The largest absolute Gasteiger partial charge is 0.344 e. The van der Waals surface area contributed by atoms with Gasteiger partial charge in [-0.15, -0.1) is 5.06 Å². The third-order valence-electron chi connectivity index (χ3n) is 11.3. The smallest absolute Gasteiger partial charge is 0.333 e. The Hall–Kier alpha value is -5.56. The Labute approximate surface area is 348 Å². The molecule has 3 aromatic carbocycles. The van der Waals surface area contributed by atoms with Crippen molar-refractivity contribution < 1.29 is 54.7 Å². The van der Waals surface area contributed by atoms with Gasteiger partial charge in [-0.3, -0.25) is 28.8 Å². The van der Waals surface area contributed by atoms with E-state index in [1.807, 2.05) is 45.9 Å². The van der Waals surface area contributed by atoms with E-state index in [1.165, 1.54) is 36.4 Å². The van der Waals surface area contributed by atoms with Gasteiger partial charge in [0, 0.05) is 78.9 Å². The molecule has 0 unspecified atom stereocenters. The lowest BCUT2D eigenvalue weighted by Gasteiger charge is -2.27. The lowest BCUT2D eigenvalue weighted by Crippen LogP contribution is -2.32. The summed E-state index contributed by atoms with van der Waals surface area (Å²) in [5, 5.41) is 11.7. The third kappa shape index (κ3) is 9.11. The number of hydroxylamine groups is 2. The number of nitrogens with zero attached hydrogens (tertiary/aromatic N) is 4. The maximum absolute atomic E-state index is 12.4. The Kier molecular flexibility index (Phi) is 12.3. The molecule has 2 amide bonds. The molecule has 3 aliphatic heterocycles. The Morgan fingerprint density at radius 2 is 1.47 bits per heavy atom. The van der Waals surface area contributed by atoms with Crippen LogP contribution >= 0.6 is 0 Å². The molecule has 2 N–H and O–H groups in total. The van der Waals surface area contributed by atoms with E-state index in [0.717, 1.165) is 28.3 Å². The zero-order chi connectivity index (χ0) is 43.8. The average molecular weight is 864 g/mol. The van der Waals surface area contributed by atoms with E-state index >= 15 is 0 Å². The average Bonchev–Trinajstić information content (AvgIpc) is 3.69. The molecular formula is C42H47N4O12S2+. The first-order valence-electron chi connectivity index (χ1n) is 19.5. The lowest BCUT2D eigenvalue weighted by atomic mass is 9.81. The summed E-state index contributed by atoms with van der Waals surface area (Å²) < 4.78 is 70.6. The molecule has 18 heteroatoms. The van der Waals surface area contributed by atoms with E-state index in [9.17, 15) is 50.4 Å². The van der Waals surface area contributed by atoms with Crippen molar-refractivity contribution in [1.82, 2.24) is 5.06 Å². The molecule has 0 atom stereocenters. The standard InChI is InChI=1S/C42H46N4O12S2/c1-41(2)32-26-30(59(52,53)54)18-20-34(32)43(24-7-5-6-13-40(49)58-45-38(47)22-23-39(45)48)36(41)11-8-12-37-42(3,4)33-27-31(60(55,56)57)19-21-35(33)44(37)25-9-10-28-14-16-29(17-15-28)46(50)51/h8,11-12,14-21,26-27H,5-7,9-10,13,22-25H2,1-4H3,(H-,52,53,54,55,56,57)/p+1. The van der Waals surface area contributed by atoms with E-state index < -0.39 is 53.8 Å². The number of allylic oxidation sites excluding steroid dienone is 4. The van der Waals surface area contributed by atoms with Crippen molar-refractivity contribution in [1.29, 1.82) is 0 Å². The number of nitro benzene ring substituents is 1. The van der Waals surface area contributed by atoms with Crippen molar-refractivity contribution in [2.75, 3.05) is 18.0 Å². The van der Waals surface area contributed by atoms with Gasteiger partial charge in [-0.2, -0.15) is 21.4 Å². The highest BCUT2D eigenvalue weighted by atomic mass is 32.2. The van der Waals surface area contributed by atoms with Gasteiger partial charge >= 0.3 is 5.97 Å². The molecule has 60 heavy (non-hydrogen) atoms. The molecule has 0 bridgehead atoms. The van der Waals surface area contributed by atoms with Crippen LogP contribution in [0, 0.1) is 10.1 Å². The fourth-order valence-corrected chi connectivity index (χ4v) is 9.10. The van der Waals surface area contributed by atoms with Crippen molar-refractivity contribution in [2.45, 2.75) is 99.7 Å². The molecular weight excluding hydrogens is 817 g/mol. The molecule has 1 saturated heterocycles.